The molecule has 0 spiro atoms. The van der Waals surface area contributed by atoms with Crippen molar-refractivity contribution in [3.05, 3.63) is 0 Å². The number of carbonyl (C=O) groups excluding carboxylic acids is 1. The Labute approximate surface area is 117 Å². The molecule has 0 aliphatic rings. The molecule has 5 nitrogen and oxygen atoms in total. The van der Waals surface area contributed by atoms with E-state index in [9.17, 15) is 4.79 Å². The van der Waals surface area contributed by atoms with Gasteiger partial charge in [-0.2, -0.15) is 0 Å². The maximum atomic E-state index is 10.9. The third-order valence-corrected chi connectivity index (χ3v) is 2.67. The molecule has 0 aliphatic carbocycles. The number of nitrogens with zero attached hydrogens (tertiary/aromatic N) is 1. The van der Waals surface area contributed by atoms with E-state index in [2.05, 4.69) is 34.2 Å². The van der Waals surface area contributed by atoms with Gasteiger partial charge < -0.3 is 15.4 Å². The van der Waals surface area contributed by atoms with E-state index in [0.717, 1.165) is 57.7 Å². The standard InChI is InChI=1S/C14H29N3O2/c1-4-11-16-14(15-5-2)17-12-9-7-6-8-10-13(18)19-3/h4-12H2,1-3H3,(H2,15,16,17). The van der Waals surface area contributed by atoms with E-state index in [1.165, 1.54) is 7.11 Å². The molecule has 0 aromatic heterocycles. The highest BCUT2D eigenvalue weighted by Crippen LogP contribution is 2.03. The summed E-state index contributed by atoms with van der Waals surface area (Å²) in [4.78, 5) is 15.3. The van der Waals surface area contributed by atoms with Gasteiger partial charge in [0.15, 0.2) is 5.96 Å². The SMILES string of the molecule is CCCN=C(NCC)NCCCCCCC(=O)OC. The molecule has 0 aromatic rings. The van der Waals surface area contributed by atoms with Gasteiger partial charge in [0.05, 0.1) is 7.11 Å². The predicted molar refractivity (Wildman–Crippen MR) is 79.4 cm³/mol. The van der Waals surface area contributed by atoms with Gasteiger partial charge in [-0.15, -0.1) is 0 Å². The van der Waals surface area contributed by atoms with Crippen LogP contribution in [-0.4, -0.2) is 38.7 Å². The van der Waals surface area contributed by atoms with E-state index >= 15 is 0 Å². The molecule has 0 rings (SSSR count). The molecule has 0 saturated carbocycles. The predicted octanol–water partition coefficient (Wildman–Crippen LogP) is 2.07. The number of ether oxygens (including phenoxy) is 1. The van der Waals surface area contributed by atoms with Crippen LogP contribution in [0.4, 0.5) is 0 Å². The van der Waals surface area contributed by atoms with Crippen molar-refractivity contribution in [2.24, 2.45) is 4.99 Å². The lowest BCUT2D eigenvalue weighted by Crippen LogP contribution is -2.37. The van der Waals surface area contributed by atoms with Crippen LogP contribution in [0, 0.1) is 0 Å². The summed E-state index contributed by atoms with van der Waals surface area (Å²) >= 11 is 0. The molecule has 0 fully saturated rings. The van der Waals surface area contributed by atoms with Gasteiger partial charge in [-0.05, 0) is 26.2 Å². The minimum absolute atomic E-state index is 0.112. The first kappa shape index (κ1) is 17.7. The maximum absolute atomic E-state index is 10.9. The Balaban J connectivity index is 3.52. The van der Waals surface area contributed by atoms with Crippen molar-refractivity contribution in [1.29, 1.82) is 0 Å². The number of esters is 1. The van der Waals surface area contributed by atoms with Crippen LogP contribution in [-0.2, 0) is 9.53 Å². The molecule has 0 aromatic carbocycles. The number of rotatable bonds is 10. The monoisotopic (exact) mass is 271 g/mol. The summed E-state index contributed by atoms with van der Waals surface area (Å²) in [5.41, 5.74) is 0. The van der Waals surface area contributed by atoms with Crippen LogP contribution < -0.4 is 10.6 Å². The fourth-order valence-corrected chi connectivity index (χ4v) is 1.62. The minimum Gasteiger partial charge on any atom is -0.469 e. The normalized spacial score (nSPS) is 11.2. The molecule has 0 bridgehead atoms. The smallest absolute Gasteiger partial charge is 0.305 e. The van der Waals surface area contributed by atoms with Crippen LogP contribution in [0.3, 0.4) is 0 Å². The number of guanidine groups is 1. The number of hydrogen-bond donors (Lipinski definition) is 2. The quantitative estimate of drug-likeness (QED) is 0.276. The molecule has 0 saturated heterocycles. The first-order valence-corrected chi connectivity index (χ1v) is 7.33. The fourth-order valence-electron chi connectivity index (χ4n) is 1.62. The van der Waals surface area contributed by atoms with Gasteiger partial charge in [0.2, 0.25) is 0 Å². The van der Waals surface area contributed by atoms with Crippen LogP contribution in [0.5, 0.6) is 0 Å². The third-order valence-electron chi connectivity index (χ3n) is 2.67. The van der Waals surface area contributed by atoms with Gasteiger partial charge in [-0.1, -0.05) is 19.8 Å². The zero-order valence-corrected chi connectivity index (χ0v) is 12.6. The molecular weight excluding hydrogens is 242 g/mol. The number of carbonyl (C=O) groups is 1. The van der Waals surface area contributed by atoms with Crippen molar-refractivity contribution in [3.63, 3.8) is 0 Å². The zero-order valence-electron chi connectivity index (χ0n) is 12.6. The molecule has 5 heteroatoms. The van der Waals surface area contributed by atoms with Crippen LogP contribution in [0.15, 0.2) is 4.99 Å². The molecule has 0 unspecified atom stereocenters. The van der Waals surface area contributed by atoms with E-state index in [-0.39, 0.29) is 5.97 Å². The van der Waals surface area contributed by atoms with E-state index in [1.807, 2.05) is 0 Å². The number of hydrogen-bond acceptors (Lipinski definition) is 3. The lowest BCUT2D eigenvalue weighted by atomic mass is 10.1. The second-order valence-electron chi connectivity index (χ2n) is 4.43. The summed E-state index contributed by atoms with van der Waals surface area (Å²) in [6.45, 7) is 6.85. The highest BCUT2D eigenvalue weighted by molar-refractivity contribution is 5.79. The van der Waals surface area contributed by atoms with Gasteiger partial charge in [-0.25, -0.2) is 0 Å². The van der Waals surface area contributed by atoms with E-state index in [1.54, 1.807) is 0 Å². The summed E-state index contributed by atoms with van der Waals surface area (Å²) in [5.74, 6) is 0.790. The second kappa shape index (κ2) is 13.2. The Morgan fingerprint density at radius 3 is 2.47 bits per heavy atom. The molecule has 19 heavy (non-hydrogen) atoms. The van der Waals surface area contributed by atoms with Crippen molar-refractivity contribution in [2.75, 3.05) is 26.7 Å². The van der Waals surface area contributed by atoms with Crippen molar-refractivity contribution < 1.29 is 9.53 Å². The van der Waals surface area contributed by atoms with Gasteiger partial charge in [0, 0.05) is 26.1 Å². The molecule has 0 atom stereocenters. The zero-order chi connectivity index (χ0) is 14.3. The van der Waals surface area contributed by atoms with Gasteiger partial charge in [0.25, 0.3) is 0 Å². The largest absolute Gasteiger partial charge is 0.469 e. The van der Waals surface area contributed by atoms with Crippen LogP contribution >= 0.6 is 0 Å². The van der Waals surface area contributed by atoms with E-state index in [0.29, 0.717) is 6.42 Å². The fraction of sp³-hybridized carbons (Fsp3) is 0.857. The summed E-state index contributed by atoms with van der Waals surface area (Å²) in [6.07, 6.45) is 5.79. The highest BCUT2D eigenvalue weighted by atomic mass is 16.5. The Bertz CT molecular complexity index is 255. The van der Waals surface area contributed by atoms with Gasteiger partial charge >= 0.3 is 5.97 Å². The Morgan fingerprint density at radius 2 is 1.84 bits per heavy atom. The number of nitrogens with one attached hydrogen (secondary N) is 2. The molecule has 0 heterocycles. The number of methoxy groups -OCH3 is 1. The summed E-state index contributed by atoms with van der Waals surface area (Å²) in [5, 5.41) is 6.53. The Hall–Kier alpha value is -1.26. The molecular formula is C14H29N3O2. The minimum atomic E-state index is -0.112. The summed E-state index contributed by atoms with van der Waals surface area (Å²) in [6, 6.07) is 0. The third kappa shape index (κ3) is 11.6. The molecule has 0 amide bonds. The maximum Gasteiger partial charge on any atom is 0.305 e. The first-order chi connectivity index (χ1) is 9.24. The first-order valence-electron chi connectivity index (χ1n) is 7.33. The molecule has 0 radical (unpaired) electrons. The van der Waals surface area contributed by atoms with Crippen LogP contribution in [0.2, 0.25) is 0 Å². The lowest BCUT2D eigenvalue weighted by Gasteiger charge is -2.10. The lowest BCUT2D eigenvalue weighted by molar-refractivity contribution is -0.140. The molecule has 112 valence electrons. The summed E-state index contributed by atoms with van der Waals surface area (Å²) < 4.78 is 4.60. The van der Waals surface area contributed by atoms with Crippen molar-refractivity contribution >= 4 is 11.9 Å². The van der Waals surface area contributed by atoms with Crippen LogP contribution in [0.25, 0.3) is 0 Å². The Kier molecular flexibility index (Phi) is 12.3. The number of unbranched alkanes of at least 4 members (excludes halogenated alkanes) is 3. The van der Waals surface area contributed by atoms with Crippen molar-refractivity contribution in [3.8, 4) is 0 Å². The van der Waals surface area contributed by atoms with Gasteiger partial charge in [-0.3, -0.25) is 9.79 Å². The van der Waals surface area contributed by atoms with Crippen molar-refractivity contribution in [1.82, 2.24) is 10.6 Å². The average molecular weight is 271 g/mol. The summed E-state index contributed by atoms with van der Waals surface area (Å²) in [7, 11) is 1.43. The average Bonchev–Trinajstić information content (AvgIpc) is 2.43. The van der Waals surface area contributed by atoms with E-state index in [4.69, 9.17) is 0 Å². The number of aliphatic imine (C=N–C) groups is 1. The van der Waals surface area contributed by atoms with Crippen molar-refractivity contribution in [2.45, 2.75) is 52.4 Å². The van der Waals surface area contributed by atoms with Crippen LogP contribution in [0.1, 0.15) is 52.4 Å². The second-order valence-corrected chi connectivity index (χ2v) is 4.43. The Morgan fingerprint density at radius 1 is 1.11 bits per heavy atom. The molecule has 2 N–H and O–H groups in total. The topological polar surface area (TPSA) is 62.7 Å². The van der Waals surface area contributed by atoms with E-state index < -0.39 is 0 Å². The van der Waals surface area contributed by atoms with Gasteiger partial charge in [0.1, 0.15) is 0 Å². The highest BCUT2D eigenvalue weighted by Gasteiger charge is 1.99. The molecule has 0 aliphatic heterocycles.